The minimum absolute atomic E-state index is 0. The van der Waals surface area contributed by atoms with Crippen LogP contribution in [0, 0.1) is 13.8 Å². The molecule has 1 unspecified atom stereocenters. The summed E-state index contributed by atoms with van der Waals surface area (Å²) in [5.74, 6) is -0.135. The van der Waals surface area contributed by atoms with E-state index in [1.807, 2.05) is 39.0 Å². The maximum atomic E-state index is 12.2. The molecule has 1 aromatic carbocycles. The predicted octanol–water partition coefficient (Wildman–Crippen LogP) is 3.13. The summed E-state index contributed by atoms with van der Waals surface area (Å²) in [6.45, 7) is 5.65. The summed E-state index contributed by atoms with van der Waals surface area (Å²) in [4.78, 5) is 12.2. The number of halogens is 2. The summed E-state index contributed by atoms with van der Waals surface area (Å²) >= 11 is 0. The molecule has 0 spiro atoms. The highest BCUT2D eigenvalue weighted by Crippen LogP contribution is 2.19. The van der Waals surface area contributed by atoms with Crippen LogP contribution in [0.3, 0.4) is 0 Å². The van der Waals surface area contributed by atoms with E-state index in [0.29, 0.717) is 11.4 Å². The van der Waals surface area contributed by atoms with Gasteiger partial charge in [-0.25, -0.2) is 0 Å². The van der Waals surface area contributed by atoms with Crippen molar-refractivity contribution in [1.29, 1.82) is 0 Å². The molecule has 0 aliphatic carbocycles. The smallest absolute Gasteiger partial charge is 0.249 e. The van der Waals surface area contributed by atoms with Crippen LogP contribution in [0.4, 0.5) is 11.4 Å². The van der Waals surface area contributed by atoms with E-state index in [1.165, 1.54) is 0 Å². The molecule has 116 valence electrons. The Bertz CT molecular complexity index is 613. The van der Waals surface area contributed by atoms with Crippen molar-refractivity contribution in [1.82, 2.24) is 9.78 Å². The van der Waals surface area contributed by atoms with Gasteiger partial charge < -0.3 is 11.1 Å². The summed E-state index contributed by atoms with van der Waals surface area (Å²) in [6.07, 6.45) is 0. The third kappa shape index (κ3) is 4.37. The Kier molecular flexibility index (Phi) is 7.26. The zero-order valence-electron chi connectivity index (χ0n) is 12.2. The maximum Gasteiger partial charge on any atom is 0.249 e. The Hall–Kier alpha value is -1.72. The average molecular weight is 331 g/mol. The van der Waals surface area contributed by atoms with Gasteiger partial charge in [0.25, 0.3) is 0 Å². The third-order valence-corrected chi connectivity index (χ3v) is 3.01. The first-order valence-corrected chi connectivity index (χ1v) is 6.17. The monoisotopic (exact) mass is 330 g/mol. The summed E-state index contributed by atoms with van der Waals surface area (Å²) in [6, 6.07) is 8.76. The van der Waals surface area contributed by atoms with Crippen LogP contribution in [0.5, 0.6) is 0 Å². The van der Waals surface area contributed by atoms with Crippen LogP contribution in [-0.4, -0.2) is 15.7 Å². The number of nitrogen functional groups attached to an aromatic ring is 1. The van der Waals surface area contributed by atoms with E-state index in [2.05, 4.69) is 10.4 Å². The molecule has 1 aromatic heterocycles. The molecule has 0 radical (unpaired) electrons. The molecule has 0 bridgehead atoms. The highest BCUT2D eigenvalue weighted by Gasteiger charge is 2.18. The molecule has 7 heteroatoms. The quantitative estimate of drug-likeness (QED) is 0.849. The van der Waals surface area contributed by atoms with Crippen molar-refractivity contribution in [3.05, 3.63) is 41.7 Å². The second kappa shape index (κ2) is 7.90. The predicted molar refractivity (Wildman–Crippen MR) is 90.4 cm³/mol. The molecular weight excluding hydrogens is 311 g/mol. The second-order valence-corrected chi connectivity index (χ2v) is 4.62. The summed E-state index contributed by atoms with van der Waals surface area (Å²) < 4.78 is 1.71. The molecule has 5 nitrogen and oxygen atoms in total. The van der Waals surface area contributed by atoms with Crippen LogP contribution in [-0.2, 0) is 4.79 Å². The number of hydrogen-bond acceptors (Lipinski definition) is 3. The van der Waals surface area contributed by atoms with Gasteiger partial charge in [-0.1, -0.05) is 12.1 Å². The number of nitrogens with one attached hydrogen (secondary N) is 1. The van der Waals surface area contributed by atoms with Crippen molar-refractivity contribution in [3.63, 3.8) is 0 Å². The molecule has 21 heavy (non-hydrogen) atoms. The fourth-order valence-corrected chi connectivity index (χ4v) is 2.00. The Morgan fingerprint density at radius 3 is 2.43 bits per heavy atom. The van der Waals surface area contributed by atoms with Crippen molar-refractivity contribution in [2.24, 2.45) is 0 Å². The molecule has 0 saturated carbocycles. The highest BCUT2D eigenvalue weighted by atomic mass is 35.5. The lowest BCUT2D eigenvalue weighted by Gasteiger charge is -2.15. The number of rotatable bonds is 3. The average Bonchev–Trinajstić information content (AvgIpc) is 2.70. The first-order chi connectivity index (χ1) is 8.99. The number of anilines is 2. The van der Waals surface area contributed by atoms with Crippen molar-refractivity contribution in [2.45, 2.75) is 26.8 Å². The highest BCUT2D eigenvalue weighted by molar-refractivity contribution is 5.96. The van der Waals surface area contributed by atoms with Gasteiger partial charge in [0.15, 0.2) is 0 Å². The minimum Gasteiger partial charge on any atom is -0.397 e. The van der Waals surface area contributed by atoms with E-state index in [9.17, 15) is 4.79 Å². The summed E-state index contributed by atoms with van der Waals surface area (Å²) in [5.41, 5.74) is 8.84. The number of aromatic nitrogens is 2. The van der Waals surface area contributed by atoms with Crippen molar-refractivity contribution in [2.75, 3.05) is 11.1 Å². The maximum absolute atomic E-state index is 12.2. The molecular formula is C14H20Cl2N4O. The molecule has 1 heterocycles. The number of benzene rings is 1. The number of nitrogens with zero attached hydrogens (tertiary/aromatic N) is 2. The van der Waals surface area contributed by atoms with Gasteiger partial charge in [0.2, 0.25) is 5.91 Å². The van der Waals surface area contributed by atoms with Gasteiger partial charge in [0.05, 0.1) is 17.1 Å². The molecule has 0 aliphatic rings. The van der Waals surface area contributed by atoms with Gasteiger partial charge in [-0.2, -0.15) is 5.10 Å². The topological polar surface area (TPSA) is 72.9 Å². The molecule has 3 N–H and O–H groups in total. The fourth-order valence-electron chi connectivity index (χ4n) is 2.00. The SMILES string of the molecule is Cc1cc(C)n(C(C)C(=O)Nc2ccccc2N)n1.Cl.Cl. The van der Waals surface area contributed by atoms with E-state index >= 15 is 0 Å². The van der Waals surface area contributed by atoms with E-state index in [0.717, 1.165) is 11.4 Å². The third-order valence-electron chi connectivity index (χ3n) is 3.01. The van der Waals surface area contributed by atoms with Crippen LogP contribution in [0.25, 0.3) is 0 Å². The van der Waals surface area contributed by atoms with Gasteiger partial charge in [-0.3, -0.25) is 9.48 Å². The molecule has 0 fully saturated rings. The van der Waals surface area contributed by atoms with Gasteiger partial charge in [-0.05, 0) is 39.0 Å². The number of nitrogens with two attached hydrogens (primary N) is 1. The molecule has 1 amide bonds. The first-order valence-electron chi connectivity index (χ1n) is 6.17. The number of amides is 1. The van der Waals surface area contributed by atoms with E-state index in [1.54, 1.807) is 16.8 Å². The number of hydrogen-bond donors (Lipinski definition) is 2. The Balaban J connectivity index is 0.00000200. The number of carbonyl (C=O) groups excluding carboxylic acids is 1. The van der Waals surface area contributed by atoms with Crippen LogP contribution < -0.4 is 11.1 Å². The van der Waals surface area contributed by atoms with Crippen molar-refractivity contribution >= 4 is 42.1 Å². The van der Waals surface area contributed by atoms with Gasteiger partial charge in [0.1, 0.15) is 6.04 Å². The Morgan fingerprint density at radius 2 is 1.90 bits per heavy atom. The number of carbonyl (C=O) groups is 1. The van der Waals surface area contributed by atoms with E-state index in [-0.39, 0.29) is 36.8 Å². The standard InChI is InChI=1S/C14H18N4O.2ClH/c1-9-8-10(2)18(17-9)11(3)14(19)16-13-7-5-4-6-12(13)15;;/h4-8,11H,15H2,1-3H3,(H,16,19);2*1H. The lowest BCUT2D eigenvalue weighted by Crippen LogP contribution is -2.25. The summed E-state index contributed by atoms with van der Waals surface area (Å²) in [7, 11) is 0. The fraction of sp³-hybridized carbons (Fsp3) is 0.286. The van der Waals surface area contributed by atoms with Crippen molar-refractivity contribution in [3.8, 4) is 0 Å². The van der Waals surface area contributed by atoms with Crippen LogP contribution in [0.2, 0.25) is 0 Å². The lowest BCUT2D eigenvalue weighted by molar-refractivity contribution is -0.119. The normalized spacial score (nSPS) is 11.0. The van der Waals surface area contributed by atoms with Crippen LogP contribution in [0.15, 0.2) is 30.3 Å². The van der Waals surface area contributed by atoms with Gasteiger partial charge in [-0.15, -0.1) is 24.8 Å². The Morgan fingerprint density at radius 1 is 1.29 bits per heavy atom. The molecule has 2 rings (SSSR count). The Labute approximate surface area is 136 Å². The largest absolute Gasteiger partial charge is 0.397 e. The summed E-state index contributed by atoms with van der Waals surface area (Å²) in [5, 5.41) is 7.14. The van der Waals surface area contributed by atoms with Crippen molar-refractivity contribution < 1.29 is 4.79 Å². The van der Waals surface area contributed by atoms with E-state index in [4.69, 9.17) is 5.73 Å². The zero-order valence-corrected chi connectivity index (χ0v) is 13.8. The lowest BCUT2D eigenvalue weighted by atomic mass is 10.2. The first kappa shape index (κ1) is 19.3. The molecule has 0 saturated heterocycles. The molecule has 1 atom stereocenters. The molecule has 2 aromatic rings. The van der Waals surface area contributed by atoms with Crippen LogP contribution >= 0.6 is 24.8 Å². The van der Waals surface area contributed by atoms with Crippen LogP contribution in [0.1, 0.15) is 24.4 Å². The van der Waals surface area contributed by atoms with Gasteiger partial charge in [0, 0.05) is 5.69 Å². The van der Waals surface area contributed by atoms with Gasteiger partial charge >= 0.3 is 0 Å². The minimum atomic E-state index is -0.381. The second-order valence-electron chi connectivity index (χ2n) is 4.62. The number of para-hydroxylation sites is 2. The van der Waals surface area contributed by atoms with E-state index < -0.39 is 0 Å². The number of aryl methyl sites for hydroxylation is 2. The molecule has 0 aliphatic heterocycles. The zero-order chi connectivity index (χ0) is 14.0.